The number of pyridine rings is 1. The van der Waals surface area contributed by atoms with Crippen molar-refractivity contribution >= 4 is 17.4 Å². The van der Waals surface area contributed by atoms with Crippen molar-refractivity contribution in [1.29, 1.82) is 0 Å². The Kier molecular flexibility index (Phi) is 5.72. The number of amides is 2. The van der Waals surface area contributed by atoms with Crippen molar-refractivity contribution in [2.24, 2.45) is 11.0 Å². The van der Waals surface area contributed by atoms with Crippen LogP contribution in [-0.4, -0.2) is 42.7 Å². The normalized spacial score (nSPS) is 19.8. The third kappa shape index (κ3) is 4.55. The number of carbonyl (C=O) groups is 1. The lowest BCUT2D eigenvalue weighted by molar-refractivity contribution is 0.166. The first kappa shape index (κ1) is 20.7. The number of nitrogens with one attached hydrogen (secondary N) is 1. The molecular weight excluding hydrogens is 416 g/mol. The van der Waals surface area contributed by atoms with Crippen LogP contribution < -0.4 is 5.32 Å². The molecule has 2 aliphatic rings. The largest absolute Gasteiger partial charge is 0.512 e. The summed E-state index contributed by atoms with van der Waals surface area (Å²) in [6.45, 7) is 0.611. The quantitative estimate of drug-likeness (QED) is 0.616. The van der Waals surface area contributed by atoms with Crippen LogP contribution in [0.4, 0.5) is 10.5 Å². The van der Waals surface area contributed by atoms with Crippen molar-refractivity contribution in [1.82, 2.24) is 19.8 Å². The summed E-state index contributed by atoms with van der Waals surface area (Å²) < 4.78 is 1.78. The van der Waals surface area contributed by atoms with Crippen LogP contribution in [0.15, 0.2) is 96.3 Å². The van der Waals surface area contributed by atoms with Crippen LogP contribution in [0.25, 0.3) is 0 Å². The number of hydrogen-bond donors (Lipinski definition) is 2. The van der Waals surface area contributed by atoms with E-state index in [0.29, 0.717) is 25.1 Å². The molecular formula is C25H24N6O2. The SMILES string of the molecule is O=C(Nc1cnn(Cc2ccccc2)c1)N1N=C(c2cccnc2)CC1C1CC=CC=C1O. The molecule has 0 radical (unpaired) electrons. The zero-order valence-corrected chi connectivity index (χ0v) is 18.0. The van der Waals surface area contributed by atoms with Gasteiger partial charge in [0.25, 0.3) is 0 Å². The van der Waals surface area contributed by atoms with E-state index in [1.54, 1.807) is 35.5 Å². The molecule has 2 N–H and O–H groups in total. The molecule has 5 rings (SSSR count). The summed E-state index contributed by atoms with van der Waals surface area (Å²) >= 11 is 0. The number of rotatable bonds is 5. The average Bonchev–Trinajstić information content (AvgIpc) is 3.48. The number of nitrogens with zero attached hydrogens (tertiary/aromatic N) is 5. The second-order valence-corrected chi connectivity index (χ2v) is 8.11. The van der Waals surface area contributed by atoms with Gasteiger partial charge in [0.05, 0.1) is 35.9 Å². The van der Waals surface area contributed by atoms with Gasteiger partial charge in [-0.25, -0.2) is 9.80 Å². The van der Waals surface area contributed by atoms with Gasteiger partial charge in [-0.15, -0.1) is 0 Å². The lowest BCUT2D eigenvalue weighted by Crippen LogP contribution is -2.41. The molecule has 2 aromatic heterocycles. The molecule has 2 unspecified atom stereocenters. The van der Waals surface area contributed by atoms with Crippen molar-refractivity contribution in [2.75, 3.05) is 5.32 Å². The number of benzene rings is 1. The predicted octanol–water partition coefficient (Wildman–Crippen LogP) is 4.35. The number of urea groups is 1. The minimum atomic E-state index is -0.361. The van der Waals surface area contributed by atoms with E-state index in [1.165, 1.54) is 5.01 Å². The van der Waals surface area contributed by atoms with Gasteiger partial charge in [-0.1, -0.05) is 48.6 Å². The van der Waals surface area contributed by atoms with Crippen LogP contribution >= 0.6 is 0 Å². The molecule has 0 saturated carbocycles. The molecule has 2 amide bonds. The predicted molar refractivity (Wildman–Crippen MR) is 126 cm³/mol. The van der Waals surface area contributed by atoms with E-state index in [0.717, 1.165) is 16.8 Å². The highest BCUT2D eigenvalue weighted by molar-refractivity contribution is 6.03. The lowest BCUT2D eigenvalue weighted by Gasteiger charge is -2.29. The van der Waals surface area contributed by atoms with Crippen molar-refractivity contribution in [3.8, 4) is 0 Å². The zero-order valence-electron chi connectivity index (χ0n) is 18.0. The molecule has 0 fully saturated rings. The highest BCUT2D eigenvalue weighted by Crippen LogP contribution is 2.33. The first-order valence-electron chi connectivity index (χ1n) is 10.9. The van der Waals surface area contributed by atoms with Crippen LogP contribution in [-0.2, 0) is 6.54 Å². The van der Waals surface area contributed by atoms with Crippen molar-refractivity contribution in [3.05, 3.63) is 102 Å². The molecule has 0 bridgehead atoms. The van der Waals surface area contributed by atoms with Gasteiger partial charge in [0.1, 0.15) is 0 Å². The van der Waals surface area contributed by atoms with Crippen molar-refractivity contribution in [3.63, 3.8) is 0 Å². The van der Waals surface area contributed by atoms with Crippen LogP contribution in [0.1, 0.15) is 24.0 Å². The van der Waals surface area contributed by atoms with E-state index in [1.807, 2.05) is 54.6 Å². The van der Waals surface area contributed by atoms with Crippen LogP contribution in [0.5, 0.6) is 0 Å². The topological polar surface area (TPSA) is 95.6 Å². The smallest absolute Gasteiger partial charge is 0.342 e. The van der Waals surface area contributed by atoms with E-state index >= 15 is 0 Å². The first-order valence-corrected chi connectivity index (χ1v) is 10.9. The number of aromatic nitrogens is 3. The zero-order chi connectivity index (χ0) is 22.6. The number of aliphatic hydroxyl groups excluding tert-OH is 1. The maximum Gasteiger partial charge on any atom is 0.342 e. The monoisotopic (exact) mass is 440 g/mol. The standard InChI is InChI=1S/C25H24N6O2/c32-24-11-5-4-10-21(24)23-13-22(19-9-6-12-26-14-19)29-31(23)25(33)28-20-15-27-30(17-20)16-18-7-2-1-3-8-18/h1-9,11-12,14-15,17,21,23,32H,10,13,16H2,(H,28,33). The number of carbonyl (C=O) groups excluding carboxylic acids is 1. The van der Waals surface area contributed by atoms with Crippen LogP contribution in [0.2, 0.25) is 0 Å². The molecule has 2 atom stereocenters. The number of aliphatic hydroxyl groups is 1. The molecule has 33 heavy (non-hydrogen) atoms. The Morgan fingerprint density at radius 2 is 2.03 bits per heavy atom. The second kappa shape index (κ2) is 9.12. The number of anilines is 1. The minimum Gasteiger partial charge on any atom is -0.512 e. The lowest BCUT2D eigenvalue weighted by atomic mass is 9.87. The highest BCUT2D eigenvalue weighted by Gasteiger charge is 2.39. The maximum atomic E-state index is 13.3. The summed E-state index contributed by atoms with van der Waals surface area (Å²) in [5.74, 6) is 0.0399. The Balaban J connectivity index is 1.35. The molecule has 0 saturated heterocycles. The van der Waals surface area contributed by atoms with Crippen LogP contribution in [0, 0.1) is 5.92 Å². The molecule has 8 heteroatoms. The number of hydrogen-bond acceptors (Lipinski definition) is 5. The number of allylic oxidation sites excluding steroid dienone is 3. The van der Waals surface area contributed by atoms with Gasteiger partial charge >= 0.3 is 6.03 Å². The van der Waals surface area contributed by atoms with Gasteiger partial charge in [-0.2, -0.15) is 10.2 Å². The van der Waals surface area contributed by atoms with Gasteiger partial charge in [-0.05, 0) is 24.1 Å². The van der Waals surface area contributed by atoms with E-state index in [-0.39, 0.29) is 23.8 Å². The van der Waals surface area contributed by atoms with E-state index in [9.17, 15) is 9.90 Å². The molecule has 3 heterocycles. The molecule has 0 spiro atoms. The fraction of sp³-hybridized carbons (Fsp3) is 0.200. The minimum absolute atomic E-state index is 0.223. The second-order valence-electron chi connectivity index (χ2n) is 8.11. The van der Waals surface area contributed by atoms with E-state index in [2.05, 4.69) is 20.5 Å². The van der Waals surface area contributed by atoms with Gasteiger partial charge in [0.2, 0.25) is 0 Å². The van der Waals surface area contributed by atoms with Gasteiger partial charge in [0.15, 0.2) is 0 Å². The van der Waals surface area contributed by atoms with E-state index in [4.69, 9.17) is 0 Å². The molecule has 1 aliphatic carbocycles. The molecule has 3 aromatic rings. The van der Waals surface area contributed by atoms with E-state index < -0.39 is 0 Å². The molecule has 1 aromatic carbocycles. The third-order valence-electron chi connectivity index (χ3n) is 5.86. The maximum absolute atomic E-state index is 13.3. The summed E-state index contributed by atoms with van der Waals surface area (Å²) in [7, 11) is 0. The van der Waals surface area contributed by atoms with Gasteiger partial charge in [-0.3, -0.25) is 9.67 Å². The Bertz CT molecular complexity index is 1220. The van der Waals surface area contributed by atoms with Gasteiger partial charge in [0, 0.05) is 36.5 Å². The Morgan fingerprint density at radius 1 is 1.15 bits per heavy atom. The Morgan fingerprint density at radius 3 is 2.82 bits per heavy atom. The third-order valence-corrected chi connectivity index (χ3v) is 5.86. The summed E-state index contributed by atoms with van der Waals surface area (Å²) in [6.07, 6.45) is 13.5. The molecule has 8 nitrogen and oxygen atoms in total. The summed E-state index contributed by atoms with van der Waals surface area (Å²) in [5.41, 5.74) is 3.34. The molecule has 166 valence electrons. The summed E-state index contributed by atoms with van der Waals surface area (Å²) in [5, 5.41) is 23.8. The Labute approximate surface area is 191 Å². The fourth-order valence-electron chi connectivity index (χ4n) is 4.20. The van der Waals surface area contributed by atoms with Crippen LogP contribution in [0.3, 0.4) is 0 Å². The van der Waals surface area contributed by atoms with Gasteiger partial charge < -0.3 is 10.4 Å². The highest BCUT2D eigenvalue weighted by atomic mass is 16.3. The number of hydrazone groups is 1. The van der Waals surface area contributed by atoms with Crippen molar-refractivity contribution < 1.29 is 9.90 Å². The molecule has 1 aliphatic heterocycles. The first-order chi connectivity index (χ1) is 16.2. The van der Waals surface area contributed by atoms with Crippen molar-refractivity contribution in [2.45, 2.75) is 25.4 Å². The Hall–Kier alpha value is -4.20. The average molecular weight is 441 g/mol. The summed E-state index contributed by atoms with van der Waals surface area (Å²) in [6, 6.07) is 13.1. The fourth-order valence-corrected chi connectivity index (χ4v) is 4.20. The summed E-state index contributed by atoms with van der Waals surface area (Å²) in [4.78, 5) is 17.4.